The van der Waals surface area contributed by atoms with Gasteiger partial charge in [-0.05, 0) is 27.7 Å². The summed E-state index contributed by atoms with van der Waals surface area (Å²) in [4.78, 5) is 3.80. The summed E-state index contributed by atoms with van der Waals surface area (Å²) < 4.78 is 25.2. The third kappa shape index (κ3) is 1.92. The molecule has 0 radical (unpaired) electrons. The molecule has 0 spiro atoms. The van der Waals surface area contributed by atoms with Crippen molar-refractivity contribution in [1.82, 2.24) is 4.98 Å². The topological polar surface area (TPSA) is 31.4 Å². The molecule has 0 aliphatic carbocycles. The average Bonchev–Trinajstić information content (AvgIpc) is 2.47. The van der Waals surface area contributed by atoms with Crippen LogP contribution in [0, 0.1) is 18.2 Å². The molecular weight excluding hydrogens is 232 g/mol. The normalized spacial score (nSPS) is 20.8. The maximum absolute atomic E-state index is 13.6. The highest BCUT2D eigenvalue weighted by Gasteiger charge is 2.52. The van der Waals surface area contributed by atoms with Crippen molar-refractivity contribution in [2.24, 2.45) is 0 Å². The van der Waals surface area contributed by atoms with Gasteiger partial charge in [-0.1, -0.05) is 5.92 Å². The minimum atomic E-state index is -0.691. The molecule has 0 atom stereocenters. The summed E-state index contributed by atoms with van der Waals surface area (Å²) >= 11 is 0. The van der Waals surface area contributed by atoms with Crippen molar-refractivity contribution in [2.75, 3.05) is 0 Å². The van der Waals surface area contributed by atoms with Crippen LogP contribution in [0.1, 0.15) is 33.3 Å². The van der Waals surface area contributed by atoms with Crippen LogP contribution in [0.15, 0.2) is 12.4 Å². The van der Waals surface area contributed by atoms with E-state index < -0.39 is 24.1 Å². The van der Waals surface area contributed by atoms with Crippen LogP contribution in [0.2, 0.25) is 0 Å². The number of terminal acetylenes is 1. The largest absolute Gasteiger partial charge is 0.497 e. The molecule has 0 bridgehead atoms. The van der Waals surface area contributed by atoms with E-state index in [-0.39, 0.29) is 5.56 Å². The van der Waals surface area contributed by atoms with Gasteiger partial charge in [0.15, 0.2) is 5.82 Å². The second-order valence-corrected chi connectivity index (χ2v) is 5.32. The molecule has 1 aliphatic rings. The van der Waals surface area contributed by atoms with Gasteiger partial charge in [0.05, 0.1) is 23.0 Å². The van der Waals surface area contributed by atoms with Crippen LogP contribution in [0.5, 0.6) is 0 Å². The van der Waals surface area contributed by atoms with Crippen LogP contribution in [-0.4, -0.2) is 23.3 Å². The smallest absolute Gasteiger partial charge is 0.399 e. The van der Waals surface area contributed by atoms with Gasteiger partial charge in [0.1, 0.15) is 0 Å². The van der Waals surface area contributed by atoms with Crippen LogP contribution in [0.4, 0.5) is 4.39 Å². The fraction of sp³-hybridized carbons (Fsp3) is 0.462. The van der Waals surface area contributed by atoms with Gasteiger partial charge in [0, 0.05) is 11.7 Å². The summed E-state index contributed by atoms with van der Waals surface area (Å²) in [5.41, 5.74) is -0.384. The zero-order valence-corrected chi connectivity index (χ0v) is 11.0. The van der Waals surface area contributed by atoms with Gasteiger partial charge < -0.3 is 9.31 Å². The minimum Gasteiger partial charge on any atom is -0.399 e. The molecule has 94 valence electrons. The molecule has 2 heterocycles. The van der Waals surface area contributed by atoms with Crippen molar-refractivity contribution in [2.45, 2.75) is 38.9 Å². The van der Waals surface area contributed by atoms with Crippen LogP contribution in [0.25, 0.3) is 0 Å². The Hall–Kier alpha value is -1.38. The lowest BCUT2D eigenvalue weighted by Crippen LogP contribution is -2.41. The molecule has 1 aliphatic heterocycles. The summed E-state index contributed by atoms with van der Waals surface area (Å²) in [7, 11) is -0.691. The highest BCUT2D eigenvalue weighted by atomic mass is 19.1. The molecule has 0 aromatic carbocycles. The van der Waals surface area contributed by atoms with Crippen molar-refractivity contribution < 1.29 is 13.7 Å². The molecule has 0 amide bonds. The number of rotatable bonds is 1. The second-order valence-electron chi connectivity index (χ2n) is 5.32. The van der Waals surface area contributed by atoms with E-state index in [4.69, 9.17) is 15.7 Å². The first kappa shape index (κ1) is 13.1. The fourth-order valence-corrected chi connectivity index (χ4v) is 1.75. The summed E-state index contributed by atoms with van der Waals surface area (Å²) in [6, 6.07) is 0. The maximum atomic E-state index is 13.6. The Morgan fingerprint density at radius 2 is 1.78 bits per heavy atom. The highest BCUT2D eigenvalue weighted by molar-refractivity contribution is 6.62. The quantitative estimate of drug-likeness (QED) is 0.556. The molecular formula is C13H15BFNO2. The van der Waals surface area contributed by atoms with E-state index in [1.54, 1.807) is 0 Å². The van der Waals surface area contributed by atoms with Gasteiger partial charge in [-0.15, -0.1) is 6.42 Å². The Kier molecular flexibility index (Phi) is 2.96. The molecule has 3 nitrogen and oxygen atoms in total. The fourth-order valence-electron chi connectivity index (χ4n) is 1.75. The molecule has 18 heavy (non-hydrogen) atoms. The molecule has 1 saturated heterocycles. The van der Waals surface area contributed by atoms with Crippen molar-refractivity contribution in [3.05, 3.63) is 23.8 Å². The summed E-state index contributed by atoms with van der Waals surface area (Å²) in [6.45, 7) is 7.70. The van der Waals surface area contributed by atoms with Gasteiger partial charge >= 0.3 is 7.12 Å². The molecule has 1 aromatic heterocycles. The first-order chi connectivity index (χ1) is 8.28. The van der Waals surface area contributed by atoms with Crippen LogP contribution >= 0.6 is 0 Å². The van der Waals surface area contributed by atoms with E-state index in [1.807, 2.05) is 27.7 Å². The van der Waals surface area contributed by atoms with Crippen molar-refractivity contribution in [3.63, 3.8) is 0 Å². The number of aromatic nitrogens is 1. The number of pyridine rings is 1. The predicted molar refractivity (Wildman–Crippen MR) is 67.8 cm³/mol. The Morgan fingerprint density at radius 3 is 2.28 bits per heavy atom. The van der Waals surface area contributed by atoms with E-state index >= 15 is 0 Å². The summed E-state index contributed by atoms with van der Waals surface area (Å²) in [5.74, 6) is 1.78. The third-order valence-electron chi connectivity index (χ3n) is 3.58. The van der Waals surface area contributed by atoms with E-state index in [0.717, 1.165) is 6.20 Å². The first-order valence-electron chi connectivity index (χ1n) is 5.74. The van der Waals surface area contributed by atoms with E-state index in [9.17, 15) is 4.39 Å². The van der Waals surface area contributed by atoms with Gasteiger partial charge in [-0.2, -0.15) is 0 Å². The molecule has 1 fully saturated rings. The first-order valence-corrected chi connectivity index (χ1v) is 5.74. The molecule has 0 saturated carbocycles. The van der Waals surface area contributed by atoms with Crippen molar-refractivity contribution in [1.29, 1.82) is 0 Å². The molecule has 5 heteroatoms. The van der Waals surface area contributed by atoms with Gasteiger partial charge in [0.2, 0.25) is 0 Å². The number of halogens is 1. The standard InChI is InChI=1S/C13H15BFNO2/c1-6-9-10(7-16-8-11(9)15)14-17-12(2,3)13(4,5)18-14/h1,7-8H,2-5H3. The molecule has 0 N–H and O–H groups in total. The van der Waals surface area contributed by atoms with Crippen molar-refractivity contribution in [3.8, 4) is 12.3 Å². The van der Waals surface area contributed by atoms with Gasteiger partial charge in [-0.3, -0.25) is 4.98 Å². The lowest BCUT2D eigenvalue weighted by Gasteiger charge is -2.32. The Balaban J connectivity index is 2.42. The predicted octanol–water partition coefficient (Wildman–Crippen LogP) is 1.50. The monoisotopic (exact) mass is 247 g/mol. The van der Waals surface area contributed by atoms with Crippen molar-refractivity contribution >= 4 is 12.6 Å². The lowest BCUT2D eigenvalue weighted by atomic mass is 9.77. The Labute approximate surface area is 107 Å². The molecule has 1 aromatic rings. The van der Waals surface area contributed by atoms with Gasteiger partial charge in [-0.25, -0.2) is 4.39 Å². The Morgan fingerprint density at radius 1 is 1.22 bits per heavy atom. The lowest BCUT2D eigenvalue weighted by molar-refractivity contribution is 0.00578. The zero-order chi connectivity index (χ0) is 13.6. The number of hydrogen-bond donors (Lipinski definition) is 0. The summed E-state index contributed by atoms with van der Waals surface area (Å²) in [6.07, 6.45) is 7.90. The van der Waals surface area contributed by atoms with Crippen LogP contribution < -0.4 is 5.46 Å². The molecule has 0 unspecified atom stereocenters. The van der Waals surface area contributed by atoms with E-state index in [0.29, 0.717) is 5.46 Å². The maximum Gasteiger partial charge on any atom is 0.497 e. The van der Waals surface area contributed by atoms with Gasteiger partial charge in [0.25, 0.3) is 0 Å². The Bertz CT molecular complexity index is 506. The number of hydrogen-bond acceptors (Lipinski definition) is 3. The zero-order valence-electron chi connectivity index (χ0n) is 11.0. The summed E-state index contributed by atoms with van der Waals surface area (Å²) in [5, 5.41) is 0. The van der Waals surface area contributed by atoms with Crippen LogP contribution in [-0.2, 0) is 9.31 Å². The highest BCUT2D eigenvalue weighted by Crippen LogP contribution is 2.36. The molecule has 2 rings (SSSR count). The number of nitrogens with zero attached hydrogens (tertiary/aromatic N) is 1. The second kappa shape index (κ2) is 4.08. The van der Waals surface area contributed by atoms with E-state index in [2.05, 4.69) is 10.9 Å². The third-order valence-corrected chi connectivity index (χ3v) is 3.58. The van der Waals surface area contributed by atoms with Crippen LogP contribution in [0.3, 0.4) is 0 Å². The SMILES string of the molecule is C#Cc1c(F)cncc1B1OC(C)(C)C(C)(C)O1. The van der Waals surface area contributed by atoms with E-state index in [1.165, 1.54) is 6.20 Å². The average molecular weight is 247 g/mol. The minimum absolute atomic E-state index is 0.142.